The number of thiocarbonyl (C=S) groups is 1. The summed E-state index contributed by atoms with van der Waals surface area (Å²) >= 11 is 4.95. The second-order valence-corrected chi connectivity index (χ2v) is 7.42. The van der Waals surface area contributed by atoms with Crippen molar-refractivity contribution in [1.82, 2.24) is 16.2 Å². The first-order valence-corrected chi connectivity index (χ1v) is 10.7. The Labute approximate surface area is 202 Å². The molecule has 0 aliphatic rings. The van der Waals surface area contributed by atoms with Gasteiger partial charge in [-0.1, -0.05) is 18.2 Å². The Bertz CT molecular complexity index is 1040. The minimum absolute atomic E-state index is 0.114. The van der Waals surface area contributed by atoms with Gasteiger partial charge in [0.2, 0.25) is 5.91 Å². The number of anilines is 1. The molecule has 0 aliphatic carbocycles. The van der Waals surface area contributed by atoms with Crippen LogP contribution in [0.2, 0.25) is 0 Å². The molecule has 0 radical (unpaired) electrons. The van der Waals surface area contributed by atoms with Crippen molar-refractivity contribution in [2.45, 2.75) is 19.8 Å². The maximum absolute atomic E-state index is 12.4. The van der Waals surface area contributed by atoms with Crippen molar-refractivity contribution in [3.63, 3.8) is 0 Å². The number of nitrogens with one attached hydrogen (secondary N) is 4. The van der Waals surface area contributed by atoms with E-state index in [1.807, 2.05) is 19.1 Å². The fraction of sp³-hybridized carbons (Fsp3) is 0.261. The van der Waals surface area contributed by atoms with Crippen molar-refractivity contribution in [3.8, 4) is 0 Å². The number of rotatable bonds is 9. The molecule has 10 nitrogen and oxygen atoms in total. The van der Waals surface area contributed by atoms with E-state index in [0.29, 0.717) is 16.8 Å². The Morgan fingerprint density at radius 1 is 0.882 bits per heavy atom. The van der Waals surface area contributed by atoms with E-state index in [1.54, 1.807) is 24.3 Å². The highest BCUT2D eigenvalue weighted by atomic mass is 32.1. The average molecular weight is 487 g/mol. The summed E-state index contributed by atoms with van der Waals surface area (Å²) in [7, 11) is 1.48. The maximum Gasteiger partial charge on any atom is 0.306 e. The summed E-state index contributed by atoms with van der Waals surface area (Å²) in [5.74, 6) is -1.79. The van der Waals surface area contributed by atoms with Crippen molar-refractivity contribution in [1.29, 1.82) is 0 Å². The number of aryl methyl sites for hydroxylation is 1. The number of ether oxygens (including phenoxy) is 2. The van der Waals surface area contributed by atoms with Crippen LogP contribution in [-0.4, -0.2) is 49.1 Å². The number of hydrazine groups is 1. The number of methoxy groups -OCH3 is 1. The van der Waals surface area contributed by atoms with Crippen LogP contribution in [0.1, 0.15) is 39.1 Å². The standard InChI is InChI=1S/C23H26N4O6S/c1-15-5-3-4-6-18(15)22(31)24-17-9-7-16(8-10-17)21(30)26-27-23(34)25-19(28)11-12-20(29)33-14-13-32-2/h3-10H,11-14H2,1-2H3,(H,24,31)(H,26,30)(H2,25,27,28,34). The fourth-order valence-electron chi connectivity index (χ4n) is 2.66. The van der Waals surface area contributed by atoms with Gasteiger partial charge < -0.3 is 20.1 Å². The van der Waals surface area contributed by atoms with Crippen LogP contribution in [0.3, 0.4) is 0 Å². The van der Waals surface area contributed by atoms with Crippen molar-refractivity contribution in [3.05, 3.63) is 65.2 Å². The van der Waals surface area contributed by atoms with Gasteiger partial charge in [0.15, 0.2) is 5.11 Å². The van der Waals surface area contributed by atoms with Gasteiger partial charge in [-0.25, -0.2) is 0 Å². The predicted octanol–water partition coefficient (Wildman–Crippen LogP) is 1.85. The maximum atomic E-state index is 12.4. The highest BCUT2D eigenvalue weighted by molar-refractivity contribution is 7.80. The molecule has 0 fully saturated rings. The molecule has 0 heterocycles. The van der Waals surface area contributed by atoms with Gasteiger partial charge in [-0.05, 0) is 55.0 Å². The number of benzene rings is 2. The van der Waals surface area contributed by atoms with Gasteiger partial charge in [-0.2, -0.15) is 0 Å². The molecule has 0 bridgehead atoms. The molecular formula is C23H26N4O6S. The molecular weight excluding hydrogens is 460 g/mol. The van der Waals surface area contributed by atoms with Gasteiger partial charge in [0.1, 0.15) is 6.61 Å². The van der Waals surface area contributed by atoms with Crippen molar-refractivity contribution in [2.24, 2.45) is 0 Å². The van der Waals surface area contributed by atoms with Crippen LogP contribution in [0.25, 0.3) is 0 Å². The summed E-state index contributed by atoms with van der Waals surface area (Å²) in [6, 6.07) is 13.5. The first-order chi connectivity index (χ1) is 16.3. The molecule has 2 aromatic rings. The molecule has 180 valence electrons. The Hall–Kier alpha value is -3.83. The number of hydrogen-bond acceptors (Lipinski definition) is 7. The molecule has 2 aromatic carbocycles. The van der Waals surface area contributed by atoms with E-state index in [9.17, 15) is 19.2 Å². The molecule has 2 rings (SSSR count). The van der Waals surface area contributed by atoms with Crippen LogP contribution in [0.4, 0.5) is 5.69 Å². The first kappa shape index (κ1) is 26.4. The molecule has 0 spiro atoms. The highest BCUT2D eigenvalue weighted by Crippen LogP contribution is 2.13. The van der Waals surface area contributed by atoms with Crippen LogP contribution >= 0.6 is 12.2 Å². The zero-order chi connectivity index (χ0) is 24.9. The third kappa shape index (κ3) is 8.96. The van der Waals surface area contributed by atoms with Crippen LogP contribution in [0.5, 0.6) is 0 Å². The van der Waals surface area contributed by atoms with Crippen molar-refractivity contribution < 1.29 is 28.7 Å². The average Bonchev–Trinajstić information content (AvgIpc) is 2.82. The molecule has 0 unspecified atom stereocenters. The molecule has 0 saturated carbocycles. The third-order valence-electron chi connectivity index (χ3n) is 4.44. The summed E-state index contributed by atoms with van der Waals surface area (Å²) < 4.78 is 9.61. The normalized spacial score (nSPS) is 10.1. The van der Waals surface area contributed by atoms with Crippen molar-refractivity contribution >= 4 is 46.7 Å². The van der Waals surface area contributed by atoms with E-state index in [0.717, 1.165) is 5.56 Å². The predicted molar refractivity (Wildman–Crippen MR) is 129 cm³/mol. The minimum Gasteiger partial charge on any atom is -0.463 e. The molecule has 0 atom stereocenters. The van der Waals surface area contributed by atoms with Gasteiger partial charge in [0, 0.05) is 30.3 Å². The number of esters is 1. The lowest BCUT2D eigenvalue weighted by Gasteiger charge is -2.11. The molecule has 0 saturated heterocycles. The van der Waals surface area contributed by atoms with Crippen LogP contribution < -0.4 is 21.5 Å². The highest BCUT2D eigenvalue weighted by Gasteiger charge is 2.12. The quantitative estimate of drug-likeness (QED) is 0.183. The Morgan fingerprint density at radius 3 is 2.26 bits per heavy atom. The molecule has 0 aromatic heterocycles. The molecule has 34 heavy (non-hydrogen) atoms. The van der Waals surface area contributed by atoms with Gasteiger partial charge >= 0.3 is 5.97 Å². The molecule has 0 aliphatic heterocycles. The van der Waals surface area contributed by atoms with Gasteiger partial charge in [0.05, 0.1) is 13.0 Å². The largest absolute Gasteiger partial charge is 0.463 e. The third-order valence-corrected chi connectivity index (χ3v) is 4.65. The van der Waals surface area contributed by atoms with E-state index >= 15 is 0 Å². The Morgan fingerprint density at radius 2 is 1.59 bits per heavy atom. The van der Waals surface area contributed by atoms with Gasteiger partial charge in [-0.3, -0.25) is 30.0 Å². The molecule has 4 N–H and O–H groups in total. The number of hydrogen-bond donors (Lipinski definition) is 4. The van der Waals surface area contributed by atoms with Crippen LogP contribution in [0.15, 0.2) is 48.5 Å². The Kier molecular flexibility index (Phi) is 10.6. The van der Waals surface area contributed by atoms with E-state index in [-0.39, 0.29) is 37.1 Å². The van der Waals surface area contributed by atoms with Gasteiger partial charge in [-0.15, -0.1) is 0 Å². The summed E-state index contributed by atoms with van der Waals surface area (Å²) in [6.45, 7) is 2.24. The Balaban J connectivity index is 1.74. The number of carbonyl (C=O) groups is 4. The summed E-state index contributed by atoms with van der Waals surface area (Å²) in [5, 5.41) is 4.99. The second-order valence-electron chi connectivity index (χ2n) is 7.02. The SMILES string of the molecule is COCCOC(=O)CCC(=O)NC(=S)NNC(=O)c1ccc(NC(=O)c2ccccc2C)cc1. The smallest absolute Gasteiger partial charge is 0.306 e. The minimum atomic E-state index is -0.530. The topological polar surface area (TPSA) is 135 Å². The lowest BCUT2D eigenvalue weighted by Crippen LogP contribution is -2.48. The fourth-order valence-corrected chi connectivity index (χ4v) is 2.83. The van der Waals surface area contributed by atoms with E-state index in [1.165, 1.54) is 19.2 Å². The van der Waals surface area contributed by atoms with E-state index < -0.39 is 17.8 Å². The summed E-state index contributed by atoms with van der Waals surface area (Å²) in [5.41, 5.74) is 7.02. The van der Waals surface area contributed by atoms with E-state index in [2.05, 4.69) is 21.5 Å². The monoisotopic (exact) mass is 486 g/mol. The van der Waals surface area contributed by atoms with E-state index in [4.69, 9.17) is 21.7 Å². The zero-order valence-corrected chi connectivity index (χ0v) is 19.6. The number of amides is 3. The first-order valence-electron chi connectivity index (χ1n) is 10.3. The lowest BCUT2D eigenvalue weighted by molar-refractivity contribution is -0.146. The van der Waals surface area contributed by atoms with Gasteiger partial charge in [0.25, 0.3) is 11.8 Å². The van der Waals surface area contributed by atoms with Crippen molar-refractivity contribution in [2.75, 3.05) is 25.6 Å². The zero-order valence-electron chi connectivity index (χ0n) is 18.8. The lowest BCUT2D eigenvalue weighted by atomic mass is 10.1. The van der Waals surface area contributed by atoms with Crippen LogP contribution in [0, 0.1) is 6.92 Å². The molecule has 3 amide bonds. The van der Waals surface area contributed by atoms with Crippen LogP contribution in [-0.2, 0) is 19.1 Å². The summed E-state index contributed by atoms with van der Waals surface area (Å²) in [6.07, 6.45) is -0.242. The number of carbonyl (C=O) groups excluding carboxylic acids is 4. The summed E-state index contributed by atoms with van der Waals surface area (Å²) in [4.78, 5) is 47.9. The second kappa shape index (κ2) is 13.7. The molecule has 11 heteroatoms.